The third kappa shape index (κ3) is 9.20. The van der Waals surface area contributed by atoms with Crippen LogP contribution in [-0.4, -0.2) is 62.9 Å². The summed E-state index contributed by atoms with van der Waals surface area (Å²) in [5.74, 6) is 0.950. The molecule has 0 aliphatic carbocycles. The van der Waals surface area contributed by atoms with Crippen LogP contribution in [-0.2, 0) is 4.79 Å². The van der Waals surface area contributed by atoms with Gasteiger partial charge in [0.2, 0.25) is 5.91 Å². The van der Waals surface area contributed by atoms with Crippen LogP contribution < -0.4 is 5.32 Å². The minimum absolute atomic E-state index is 0. The second-order valence-electron chi connectivity index (χ2n) is 4.07. The molecule has 0 aromatic rings. The molecule has 0 saturated heterocycles. The first kappa shape index (κ1) is 18.8. The first-order valence-electron chi connectivity index (χ1n) is 5.64. The number of rotatable bonds is 5. The maximum Gasteiger partial charge on any atom is 0.221 e. The highest BCUT2D eigenvalue weighted by Gasteiger charge is 2.04. The van der Waals surface area contributed by atoms with Crippen molar-refractivity contribution < 1.29 is 4.79 Å². The molecular formula is C11H25IN4O. The Morgan fingerprint density at radius 2 is 1.71 bits per heavy atom. The second-order valence-corrected chi connectivity index (χ2v) is 4.07. The van der Waals surface area contributed by atoms with E-state index in [4.69, 9.17) is 0 Å². The first-order valence-corrected chi connectivity index (χ1v) is 5.64. The maximum absolute atomic E-state index is 11.3. The Hall–Kier alpha value is -0.530. The number of halogens is 1. The normalized spacial score (nSPS) is 9.00. The molecule has 0 saturated carbocycles. The fraction of sp³-hybridized carbons (Fsp3) is 0.818. The zero-order valence-corrected chi connectivity index (χ0v) is 13.8. The van der Waals surface area contributed by atoms with E-state index in [1.54, 1.807) is 0 Å². The third-order valence-electron chi connectivity index (χ3n) is 1.96. The van der Waals surface area contributed by atoms with E-state index < -0.39 is 0 Å². The van der Waals surface area contributed by atoms with Crippen LogP contribution in [0.1, 0.15) is 19.8 Å². The Morgan fingerprint density at radius 1 is 1.18 bits per heavy atom. The van der Waals surface area contributed by atoms with Crippen LogP contribution in [0, 0.1) is 0 Å². The van der Waals surface area contributed by atoms with Gasteiger partial charge in [-0.15, -0.1) is 24.0 Å². The molecule has 0 spiro atoms. The SMILES string of the molecule is CCCNC(=O)CCN=C(N(C)C)N(C)C.I. The van der Waals surface area contributed by atoms with Gasteiger partial charge in [-0.25, -0.2) is 0 Å². The summed E-state index contributed by atoms with van der Waals surface area (Å²) in [6.45, 7) is 3.31. The molecule has 6 heteroatoms. The Balaban J connectivity index is 0. The number of hydrogen-bond acceptors (Lipinski definition) is 2. The zero-order valence-electron chi connectivity index (χ0n) is 11.5. The zero-order chi connectivity index (χ0) is 12.6. The number of hydrogen-bond donors (Lipinski definition) is 1. The molecule has 0 bridgehead atoms. The summed E-state index contributed by atoms with van der Waals surface area (Å²) in [4.78, 5) is 19.6. The summed E-state index contributed by atoms with van der Waals surface area (Å²) in [5, 5.41) is 2.83. The highest BCUT2D eigenvalue weighted by Crippen LogP contribution is 1.91. The standard InChI is InChI=1S/C11H24N4O.HI/c1-6-8-12-10(16)7-9-13-11(14(2)3)15(4)5;/h6-9H2,1-5H3,(H,12,16);1H. The van der Waals surface area contributed by atoms with Crippen LogP contribution in [0.4, 0.5) is 0 Å². The van der Waals surface area contributed by atoms with Crippen molar-refractivity contribution in [2.45, 2.75) is 19.8 Å². The quantitative estimate of drug-likeness (QED) is 0.454. The van der Waals surface area contributed by atoms with Crippen LogP contribution >= 0.6 is 24.0 Å². The molecule has 0 aliphatic heterocycles. The van der Waals surface area contributed by atoms with Gasteiger partial charge in [0.1, 0.15) is 0 Å². The molecule has 0 aromatic carbocycles. The molecule has 5 nitrogen and oxygen atoms in total. The largest absolute Gasteiger partial charge is 0.356 e. The molecule has 0 fully saturated rings. The lowest BCUT2D eigenvalue weighted by molar-refractivity contribution is -0.120. The third-order valence-corrected chi connectivity index (χ3v) is 1.96. The van der Waals surface area contributed by atoms with Gasteiger partial charge >= 0.3 is 0 Å². The minimum Gasteiger partial charge on any atom is -0.356 e. The van der Waals surface area contributed by atoms with E-state index in [9.17, 15) is 4.79 Å². The van der Waals surface area contributed by atoms with Gasteiger partial charge in [-0.05, 0) is 6.42 Å². The van der Waals surface area contributed by atoms with Crippen LogP contribution in [0.2, 0.25) is 0 Å². The number of nitrogens with zero attached hydrogens (tertiary/aromatic N) is 3. The second kappa shape index (κ2) is 10.6. The Kier molecular flexibility index (Phi) is 11.8. The van der Waals surface area contributed by atoms with Gasteiger partial charge in [0.05, 0.1) is 6.54 Å². The fourth-order valence-electron chi connectivity index (χ4n) is 1.29. The molecule has 0 aromatic heterocycles. The summed E-state index contributed by atoms with van der Waals surface area (Å²) >= 11 is 0. The molecule has 1 N–H and O–H groups in total. The summed E-state index contributed by atoms with van der Waals surface area (Å²) < 4.78 is 0. The highest BCUT2D eigenvalue weighted by molar-refractivity contribution is 14.0. The molecular weight excluding hydrogens is 331 g/mol. The van der Waals surface area contributed by atoms with Crippen molar-refractivity contribution in [1.29, 1.82) is 0 Å². The summed E-state index contributed by atoms with van der Waals surface area (Å²) in [7, 11) is 7.76. The Morgan fingerprint density at radius 3 is 2.12 bits per heavy atom. The van der Waals surface area contributed by atoms with E-state index in [-0.39, 0.29) is 29.9 Å². The van der Waals surface area contributed by atoms with Crippen molar-refractivity contribution in [2.24, 2.45) is 4.99 Å². The van der Waals surface area contributed by atoms with Crippen molar-refractivity contribution >= 4 is 35.8 Å². The number of carbonyl (C=O) groups is 1. The van der Waals surface area contributed by atoms with Crippen molar-refractivity contribution in [3.05, 3.63) is 0 Å². The van der Waals surface area contributed by atoms with Crippen molar-refractivity contribution in [3.8, 4) is 0 Å². The van der Waals surface area contributed by atoms with Crippen LogP contribution in [0.3, 0.4) is 0 Å². The van der Waals surface area contributed by atoms with Crippen molar-refractivity contribution in [2.75, 3.05) is 41.3 Å². The van der Waals surface area contributed by atoms with Gasteiger partial charge in [-0.1, -0.05) is 6.92 Å². The average Bonchev–Trinajstić information content (AvgIpc) is 2.20. The lowest BCUT2D eigenvalue weighted by atomic mass is 10.4. The van der Waals surface area contributed by atoms with Gasteiger partial charge in [-0.2, -0.15) is 0 Å². The molecule has 0 atom stereocenters. The molecule has 0 rings (SSSR count). The molecule has 0 radical (unpaired) electrons. The lowest BCUT2D eigenvalue weighted by Crippen LogP contribution is -2.35. The lowest BCUT2D eigenvalue weighted by Gasteiger charge is -2.22. The minimum atomic E-state index is 0. The number of amides is 1. The van der Waals surface area contributed by atoms with Crippen LogP contribution in [0.25, 0.3) is 0 Å². The monoisotopic (exact) mass is 356 g/mol. The average molecular weight is 356 g/mol. The van der Waals surface area contributed by atoms with E-state index >= 15 is 0 Å². The molecule has 0 aliphatic rings. The number of carbonyl (C=O) groups excluding carboxylic acids is 1. The maximum atomic E-state index is 11.3. The summed E-state index contributed by atoms with van der Waals surface area (Å²) in [5.41, 5.74) is 0. The van der Waals surface area contributed by atoms with Crippen molar-refractivity contribution in [3.63, 3.8) is 0 Å². The van der Waals surface area contributed by atoms with Gasteiger partial charge in [0.25, 0.3) is 0 Å². The predicted octanol–water partition coefficient (Wildman–Crippen LogP) is 1.000. The summed E-state index contributed by atoms with van der Waals surface area (Å²) in [6.07, 6.45) is 1.42. The Bertz CT molecular complexity index is 232. The molecule has 1 amide bonds. The molecule has 0 unspecified atom stereocenters. The van der Waals surface area contributed by atoms with Gasteiger partial charge in [-0.3, -0.25) is 9.79 Å². The molecule has 102 valence electrons. The van der Waals surface area contributed by atoms with E-state index in [1.807, 2.05) is 44.9 Å². The van der Waals surface area contributed by atoms with E-state index in [1.165, 1.54) is 0 Å². The molecule has 17 heavy (non-hydrogen) atoms. The van der Waals surface area contributed by atoms with E-state index in [0.717, 1.165) is 18.9 Å². The smallest absolute Gasteiger partial charge is 0.221 e. The first-order chi connectivity index (χ1) is 7.49. The van der Waals surface area contributed by atoms with Gasteiger partial charge in [0.15, 0.2) is 5.96 Å². The van der Waals surface area contributed by atoms with Crippen molar-refractivity contribution in [1.82, 2.24) is 15.1 Å². The molecule has 0 heterocycles. The highest BCUT2D eigenvalue weighted by atomic mass is 127. The number of nitrogens with one attached hydrogen (secondary N) is 1. The number of aliphatic imine (C=N–C) groups is 1. The van der Waals surface area contributed by atoms with Crippen LogP contribution in [0.15, 0.2) is 4.99 Å². The summed E-state index contributed by atoms with van der Waals surface area (Å²) in [6, 6.07) is 0. The van der Waals surface area contributed by atoms with E-state index in [0.29, 0.717) is 13.0 Å². The van der Waals surface area contributed by atoms with Crippen LogP contribution in [0.5, 0.6) is 0 Å². The topological polar surface area (TPSA) is 47.9 Å². The van der Waals surface area contributed by atoms with E-state index in [2.05, 4.69) is 10.3 Å². The fourth-order valence-corrected chi connectivity index (χ4v) is 1.29. The van der Waals surface area contributed by atoms with Gasteiger partial charge < -0.3 is 15.1 Å². The van der Waals surface area contributed by atoms with Gasteiger partial charge in [0, 0.05) is 41.2 Å². The number of guanidine groups is 1. The Labute approximate surface area is 122 Å². The predicted molar refractivity (Wildman–Crippen MR) is 83.0 cm³/mol.